The van der Waals surface area contributed by atoms with Crippen molar-refractivity contribution in [2.75, 3.05) is 0 Å². The van der Waals surface area contributed by atoms with Crippen molar-refractivity contribution in [3.05, 3.63) is 48.2 Å². The maximum atomic E-state index is 9.07. The molecule has 0 aliphatic rings. The fraction of sp³-hybridized carbons (Fsp3) is 0.0833. The molecule has 3 rings (SSSR count). The van der Waals surface area contributed by atoms with Crippen LogP contribution < -0.4 is 0 Å². The van der Waals surface area contributed by atoms with E-state index in [4.69, 9.17) is 5.11 Å². The maximum absolute atomic E-state index is 9.07. The Morgan fingerprint density at radius 2 is 1.94 bits per heavy atom. The molecule has 5 nitrogen and oxygen atoms in total. The molecule has 0 saturated heterocycles. The van der Waals surface area contributed by atoms with Crippen LogP contribution in [0.5, 0.6) is 0 Å². The number of para-hydroxylation sites is 1. The highest BCUT2D eigenvalue weighted by atomic mass is 16.3. The second-order valence-corrected chi connectivity index (χ2v) is 3.64. The van der Waals surface area contributed by atoms with Gasteiger partial charge in [-0.25, -0.2) is 4.98 Å². The fourth-order valence-corrected chi connectivity index (χ4v) is 1.71. The van der Waals surface area contributed by atoms with Crippen molar-refractivity contribution >= 4 is 11.0 Å². The average molecular weight is 226 g/mol. The van der Waals surface area contributed by atoms with Gasteiger partial charge in [-0.15, -0.1) is 5.10 Å². The summed E-state index contributed by atoms with van der Waals surface area (Å²) in [6, 6.07) is 13.1. The first-order valence-electron chi connectivity index (χ1n) is 5.26. The first-order chi connectivity index (χ1) is 8.38. The topological polar surface area (TPSA) is 63.8 Å². The van der Waals surface area contributed by atoms with Gasteiger partial charge in [-0.1, -0.05) is 23.4 Å². The van der Waals surface area contributed by atoms with Crippen molar-refractivity contribution < 1.29 is 5.11 Å². The molecule has 0 unspecified atom stereocenters. The lowest BCUT2D eigenvalue weighted by molar-refractivity contribution is 0.276. The standard InChI is InChI=1S/C12H10N4O/c17-8-9-4-3-7-12(13-9)16-11-6-2-1-5-10(11)14-15-16/h1-7,17H,8H2. The molecule has 0 aliphatic carbocycles. The van der Waals surface area contributed by atoms with Crippen molar-refractivity contribution in [1.29, 1.82) is 0 Å². The average Bonchev–Trinajstić information content (AvgIpc) is 2.82. The number of nitrogens with zero attached hydrogens (tertiary/aromatic N) is 4. The molecule has 0 aliphatic heterocycles. The van der Waals surface area contributed by atoms with Gasteiger partial charge in [-0.3, -0.25) is 0 Å². The molecule has 0 fully saturated rings. The number of pyridine rings is 1. The zero-order valence-electron chi connectivity index (χ0n) is 8.98. The molecule has 3 aromatic rings. The van der Waals surface area contributed by atoms with Crippen LogP contribution in [0.1, 0.15) is 5.69 Å². The van der Waals surface area contributed by atoms with Crippen molar-refractivity contribution in [3.8, 4) is 5.82 Å². The van der Waals surface area contributed by atoms with Crippen LogP contribution in [0.3, 0.4) is 0 Å². The highest BCUT2D eigenvalue weighted by molar-refractivity contribution is 5.75. The highest BCUT2D eigenvalue weighted by Crippen LogP contribution is 2.14. The lowest BCUT2D eigenvalue weighted by atomic mass is 10.3. The van der Waals surface area contributed by atoms with E-state index in [1.807, 2.05) is 36.4 Å². The molecule has 0 amide bonds. The van der Waals surface area contributed by atoms with Crippen LogP contribution >= 0.6 is 0 Å². The lowest BCUT2D eigenvalue weighted by Crippen LogP contribution is -2.01. The van der Waals surface area contributed by atoms with Crippen LogP contribution in [0.25, 0.3) is 16.9 Å². The minimum atomic E-state index is -0.0829. The summed E-state index contributed by atoms with van der Waals surface area (Å²) in [4.78, 5) is 4.29. The number of aliphatic hydroxyl groups excluding tert-OH is 1. The zero-order chi connectivity index (χ0) is 11.7. The molecule has 17 heavy (non-hydrogen) atoms. The summed E-state index contributed by atoms with van der Waals surface area (Å²) in [6.45, 7) is -0.0829. The molecule has 0 spiro atoms. The zero-order valence-corrected chi connectivity index (χ0v) is 8.98. The Morgan fingerprint density at radius 3 is 2.82 bits per heavy atom. The monoisotopic (exact) mass is 226 g/mol. The second kappa shape index (κ2) is 3.95. The van der Waals surface area contributed by atoms with Gasteiger partial charge >= 0.3 is 0 Å². The van der Waals surface area contributed by atoms with Crippen LogP contribution in [0.4, 0.5) is 0 Å². The highest BCUT2D eigenvalue weighted by Gasteiger charge is 2.06. The maximum Gasteiger partial charge on any atom is 0.156 e. The number of hydrogen-bond donors (Lipinski definition) is 1. The summed E-state index contributed by atoms with van der Waals surface area (Å²) in [5.41, 5.74) is 2.33. The number of aliphatic hydroxyl groups is 1. The number of benzene rings is 1. The normalized spacial score (nSPS) is 10.9. The third kappa shape index (κ3) is 1.66. The van der Waals surface area contributed by atoms with Gasteiger partial charge in [0, 0.05) is 0 Å². The van der Waals surface area contributed by atoms with Crippen molar-refractivity contribution in [2.45, 2.75) is 6.61 Å². The number of hydrogen-bond acceptors (Lipinski definition) is 4. The van der Waals surface area contributed by atoms with Gasteiger partial charge in [0.05, 0.1) is 17.8 Å². The first kappa shape index (κ1) is 9.92. The molecule has 0 saturated carbocycles. The molecule has 2 heterocycles. The summed E-state index contributed by atoms with van der Waals surface area (Å²) in [6.07, 6.45) is 0. The van der Waals surface area contributed by atoms with Gasteiger partial charge in [0.25, 0.3) is 0 Å². The van der Waals surface area contributed by atoms with Crippen molar-refractivity contribution in [2.24, 2.45) is 0 Å². The third-order valence-electron chi connectivity index (χ3n) is 2.52. The van der Waals surface area contributed by atoms with Crippen LogP contribution in [0, 0.1) is 0 Å². The molecule has 84 valence electrons. The van der Waals surface area contributed by atoms with E-state index in [1.54, 1.807) is 10.7 Å². The second-order valence-electron chi connectivity index (χ2n) is 3.64. The summed E-state index contributed by atoms with van der Waals surface area (Å²) in [5, 5.41) is 17.2. The molecular weight excluding hydrogens is 216 g/mol. The van der Waals surface area contributed by atoms with E-state index in [9.17, 15) is 0 Å². The van der Waals surface area contributed by atoms with Crippen molar-refractivity contribution in [1.82, 2.24) is 20.0 Å². The van der Waals surface area contributed by atoms with E-state index in [2.05, 4.69) is 15.3 Å². The third-order valence-corrected chi connectivity index (χ3v) is 2.52. The van der Waals surface area contributed by atoms with E-state index < -0.39 is 0 Å². The Morgan fingerprint density at radius 1 is 1.06 bits per heavy atom. The molecule has 1 N–H and O–H groups in total. The van der Waals surface area contributed by atoms with E-state index >= 15 is 0 Å². The number of fused-ring (bicyclic) bond motifs is 1. The van der Waals surface area contributed by atoms with Crippen LogP contribution in [0.2, 0.25) is 0 Å². The summed E-state index contributed by atoms with van der Waals surface area (Å²) in [7, 11) is 0. The summed E-state index contributed by atoms with van der Waals surface area (Å²) >= 11 is 0. The number of aromatic nitrogens is 4. The largest absolute Gasteiger partial charge is 0.390 e. The van der Waals surface area contributed by atoms with Gasteiger partial charge in [0.15, 0.2) is 5.82 Å². The Hall–Kier alpha value is -2.27. The Balaban J connectivity index is 2.20. The van der Waals surface area contributed by atoms with E-state index in [0.717, 1.165) is 11.0 Å². The minimum absolute atomic E-state index is 0.0829. The molecule has 2 aromatic heterocycles. The fourth-order valence-electron chi connectivity index (χ4n) is 1.71. The van der Waals surface area contributed by atoms with Crippen molar-refractivity contribution in [3.63, 3.8) is 0 Å². The van der Waals surface area contributed by atoms with Gasteiger partial charge in [-0.05, 0) is 24.3 Å². The van der Waals surface area contributed by atoms with E-state index in [1.165, 1.54) is 0 Å². The molecule has 0 radical (unpaired) electrons. The van der Waals surface area contributed by atoms with Gasteiger partial charge in [0.2, 0.25) is 0 Å². The van der Waals surface area contributed by atoms with Gasteiger partial charge < -0.3 is 5.11 Å². The Labute approximate surface area is 97.3 Å². The SMILES string of the molecule is OCc1cccc(-n2nnc3ccccc32)n1. The molecule has 5 heteroatoms. The predicted molar refractivity (Wildman–Crippen MR) is 62.6 cm³/mol. The molecule has 0 atom stereocenters. The van der Waals surface area contributed by atoms with Crippen LogP contribution in [-0.4, -0.2) is 25.1 Å². The predicted octanol–water partition coefficient (Wildman–Crippen LogP) is 1.31. The first-order valence-corrected chi connectivity index (χ1v) is 5.26. The number of rotatable bonds is 2. The van der Waals surface area contributed by atoms with Gasteiger partial charge in [0.1, 0.15) is 5.52 Å². The quantitative estimate of drug-likeness (QED) is 0.715. The van der Waals surface area contributed by atoms with Crippen LogP contribution in [0.15, 0.2) is 42.5 Å². The summed E-state index contributed by atoms with van der Waals surface area (Å²) in [5.74, 6) is 0.658. The van der Waals surface area contributed by atoms with Crippen LogP contribution in [-0.2, 0) is 6.61 Å². The Kier molecular flexibility index (Phi) is 2.31. The smallest absolute Gasteiger partial charge is 0.156 e. The summed E-state index contributed by atoms with van der Waals surface area (Å²) < 4.78 is 1.66. The van der Waals surface area contributed by atoms with E-state index in [0.29, 0.717) is 11.5 Å². The van der Waals surface area contributed by atoms with E-state index in [-0.39, 0.29) is 6.61 Å². The Bertz CT molecular complexity index is 662. The van der Waals surface area contributed by atoms with Gasteiger partial charge in [-0.2, -0.15) is 4.68 Å². The molecular formula is C12H10N4O. The molecule has 1 aromatic carbocycles. The minimum Gasteiger partial charge on any atom is -0.390 e. The lowest BCUT2D eigenvalue weighted by Gasteiger charge is -2.02. The molecule has 0 bridgehead atoms.